The number of ether oxygens (including phenoxy) is 1. The van der Waals surface area contributed by atoms with Gasteiger partial charge in [-0.25, -0.2) is 14.8 Å². The minimum atomic E-state index is -1.29. The molecule has 0 fully saturated rings. The zero-order valence-corrected chi connectivity index (χ0v) is 14.1. The highest BCUT2D eigenvalue weighted by atomic mass is 35.5. The molecule has 1 aromatic heterocycles. The molecule has 0 spiro atoms. The molecule has 0 aliphatic carbocycles. The number of anilines is 1. The van der Waals surface area contributed by atoms with Gasteiger partial charge in [0.2, 0.25) is 5.28 Å². The molecule has 2 unspecified atom stereocenters. The molecule has 0 aliphatic heterocycles. The van der Waals surface area contributed by atoms with Crippen LogP contribution in [0.1, 0.15) is 23.7 Å². The van der Waals surface area contributed by atoms with E-state index in [1.807, 2.05) is 30.3 Å². The first-order chi connectivity index (χ1) is 12.0. The number of alkyl carbamates (subject to hydrolysis) is 1. The average molecular weight is 367 g/mol. The molecule has 2 rings (SSSR count). The predicted molar refractivity (Wildman–Crippen MR) is 91.7 cm³/mol. The maximum Gasteiger partial charge on any atom is 0.407 e. The molecule has 0 bridgehead atoms. The Hall–Kier alpha value is -2.42. The quantitative estimate of drug-likeness (QED) is 0.545. The van der Waals surface area contributed by atoms with E-state index in [9.17, 15) is 15.0 Å². The molecular formula is C16H19ClN4O4. The van der Waals surface area contributed by atoms with E-state index in [2.05, 4.69) is 15.3 Å². The molecule has 134 valence electrons. The van der Waals surface area contributed by atoms with Crippen molar-refractivity contribution in [2.75, 3.05) is 12.3 Å². The first-order valence-corrected chi connectivity index (χ1v) is 7.93. The topological polar surface area (TPSA) is 131 Å². The van der Waals surface area contributed by atoms with Gasteiger partial charge < -0.3 is 26.0 Å². The number of carbonyl (C=O) groups excluding carboxylic acids is 1. The van der Waals surface area contributed by atoms with Crippen molar-refractivity contribution in [3.63, 3.8) is 0 Å². The summed E-state index contributed by atoms with van der Waals surface area (Å²) in [6.45, 7) is 0.261. The SMILES string of the molecule is Nc1nc(Cl)ncc1C(O)C(O)CCNC(=O)OCc1ccccc1. The number of aliphatic hydroxyl groups excluding tert-OH is 2. The van der Waals surface area contributed by atoms with Crippen LogP contribution in [0.3, 0.4) is 0 Å². The number of amides is 1. The van der Waals surface area contributed by atoms with Crippen LogP contribution < -0.4 is 11.1 Å². The van der Waals surface area contributed by atoms with Crippen molar-refractivity contribution in [2.45, 2.75) is 25.2 Å². The van der Waals surface area contributed by atoms with E-state index in [0.29, 0.717) is 0 Å². The summed E-state index contributed by atoms with van der Waals surface area (Å²) >= 11 is 5.59. The number of nitrogens with two attached hydrogens (primary N) is 1. The summed E-state index contributed by atoms with van der Waals surface area (Å²) < 4.78 is 5.04. The molecule has 0 radical (unpaired) electrons. The largest absolute Gasteiger partial charge is 0.445 e. The van der Waals surface area contributed by atoms with Gasteiger partial charge in [-0.3, -0.25) is 0 Å². The third-order valence-electron chi connectivity index (χ3n) is 3.42. The van der Waals surface area contributed by atoms with Crippen LogP contribution in [0.4, 0.5) is 10.6 Å². The Bertz CT molecular complexity index is 702. The lowest BCUT2D eigenvalue weighted by Crippen LogP contribution is -2.30. The first-order valence-electron chi connectivity index (χ1n) is 7.56. The van der Waals surface area contributed by atoms with E-state index in [1.165, 1.54) is 6.20 Å². The molecule has 0 aliphatic rings. The number of benzene rings is 1. The number of rotatable bonds is 7. The van der Waals surface area contributed by atoms with Crippen molar-refractivity contribution in [3.8, 4) is 0 Å². The summed E-state index contributed by atoms with van der Waals surface area (Å²) in [4.78, 5) is 19.0. The van der Waals surface area contributed by atoms with E-state index >= 15 is 0 Å². The lowest BCUT2D eigenvalue weighted by molar-refractivity contribution is 0.0137. The van der Waals surface area contributed by atoms with Crippen LogP contribution >= 0.6 is 11.6 Å². The maximum atomic E-state index is 11.6. The minimum absolute atomic E-state index is 0.0122. The van der Waals surface area contributed by atoms with Gasteiger partial charge in [-0.1, -0.05) is 30.3 Å². The third-order valence-corrected chi connectivity index (χ3v) is 3.61. The van der Waals surface area contributed by atoms with Gasteiger partial charge in [0.1, 0.15) is 18.5 Å². The fourth-order valence-electron chi connectivity index (χ4n) is 2.07. The van der Waals surface area contributed by atoms with Gasteiger partial charge in [0.15, 0.2) is 0 Å². The van der Waals surface area contributed by atoms with Gasteiger partial charge in [-0.05, 0) is 23.6 Å². The van der Waals surface area contributed by atoms with Crippen molar-refractivity contribution >= 4 is 23.5 Å². The summed E-state index contributed by atoms with van der Waals surface area (Å²) in [6.07, 6.45) is -1.73. The second kappa shape index (κ2) is 9.16. The van der Waals surface area contributed by atoms with E-state index in [0.717, 1.165) is 5.56 Å². The highest BCUT2D eigenvalue weighted by molar-refractivity contribution is 6.28. The Balaban J connectivity index is 1.74. The Morgan fingerprint density at radius 2 is 2.04 bits per heavy atom. The number of nitrogen functional groups attached to an aromatic ring is 1. The summed E-state index contributed by atoms with van der Waals surface area (Å²) in [6, 6.07) is 9.24. The Labute approximate surface area is 149 Å². The van der Waals surface area contributed by atoms with Gasteiger partial charge in [-0.15, -0.1) is 0 Å². The average Bonchev–Trinajstić information content (AvgIpc) is 2.60. The Morgan fingerprint density at radius 1 is 1.32 bits per heavy atom. The van der Waals surface area contributed by atoms with Crippen molar-refractivity contribution in [3.05, 3.63) is 52.9 Å². The summed E-state index contributed by atoms with van der Waals surface area (Å²) in [5, 5.41) is 22.5. The number of nitrogens with zero attached hydrogens (tertiary/aromatic N) is 2. The lowest BCUT2D eigenvalue weighted by Gasteiger charge is -2.19. The highest BCUT2D eigenvalue weighted by Gasteiger charge is 2.22. The highest BCUT2D eigenvalue weighted by Crippen LogP contribution is 2.23. The zero-order chi connectivity index (χ0) is 18.2. The molecule has 5 N–H and O–H groups in total. The van der Waals surface area contributed by atoms with Crippen LogP contribution in [0.15, 0.2) is 36.5 Å². The molecule has 0 saturated carbocycles. The smallest absolute Gasteiger partial charge is 0.407 e. The van der Waals surface area contributed by atoms with Gasteiger partial charge in [0.05, 0.1) is 6.10 Å². The van der Waals surface area contributed by atoms with Crippen LogP contribution in [0.25, 0.3) is 0 Å². The monoisotopic (exact) mass is 366 g/mol. The van der Waals surface area contributed by atoms with E-state index in [1.54, 1.807) is 0 Å². The predicted octanol–water partition coefficient (Wildman–Crippen LogP) is 1.42. The van der Waals surface area contributed by atoms with Crippen molar-refractivity contribution in [1.29, 1.82) is 0 Å². The van der Waals surface area contributed by atoms with Crippen LogP contribution in [-0.2, 0) is 11.3 Å². The van der Waals surface area contributed by atoms with Crippen LogP contribution in [0.2, 0.25) is 5.28 Å². The van der Waals surface area contributed by atoms with Gasteiger partial charge in [0, 0.05) is 18.3 Å². The van der Waals surface area contributed by atoms with Crippen molar-refractivity contribution < 1.29 is 19.7 Å². The molecule has 2 atom stereocenters. The van der Waals surface area contributed by atoms with Gasteiger partial charge in [0.25, 0.3) is 0 Å². The Kier molecular flexibility index (Phi) is 6.93. The zero-order valence-electron chi connectivity index (χ0n) is 13.3. The maximum absolute atomic E-state index is 11.6. The minimum Gasteiger partial charge on any atom is -0.445 e. The van der Waals surface area contributed by atoms with E-state index < -0.39 is 18.3 Å². The molecule has 0 saturated heterocycles. The summed E-state index contributed by atoms with van der Waals surface area (Å²) in [5.41, 5.74) is 6.67. The lowest BCUT2D eigenvalue weighted by atomic mass is 10.0. The number of hydrogen-bond acceptors (Lipinski definition) is 7. The number of aliphatic hydroxyl groups is 2. The fraction of sp³-hybridized carbons (Fsp3) is 0.312. The second-order valence-electron chi connectivity index (χ2n) is 5.27. The Morgan fingerprint density at radius 3 is 2.72 bits per heavy atom. The van der Waals surface area contributed by atoms with Crippen LogP contribution in [0.5, 0.6) is 0 Å². The van der Waals surface area contributed by atoms with Crippen LogP contribution in [-0.4, -0.2) is 38.9 Å². The van der Waals surface area contributed by atoms with E-state index in [4.69, 9.17) is 22.1 Å². The number of carbonyl (C=O) groups is 1. The number of nitrogens with one attached hydrogen (secondary N) is 1. The number of hydrogen-bond donors (Lipinski definition) is 4. The third kappa shape index (κ3) is 5.86. The normalized spacial score (nSPS) is 13.1. The standard InChI is InChI=1S/C16H19ClN4O4/c17-15-20-8-11(14(18)21-15)13(23)12(22)6-7-19-16(24)25-9-10-4-2-1-3-5-10/h1-5,8,12-13,22-23H,6-7,9H2,(H,19,24)(H2,18,20,21). The molecule has 8 nitrogen and oxygen atoms in total. The molecule has 9 heteroatoms. The van der Waals surface area contributed by atoms with Crippen molar-refractivity contribution in [2.24, 2.45) is 0 Å². The molecule has 25 heavy (non-hydrogen) atoms. The molecular weight excluding hydrogens is 348 g/mol. The number of aromatic nitrogens is 2. The summed E-state index contributed by atoms with van der Waals surface area (Å²) in [5.74, 6) is -0.0122. The van der Waals surface area contributed by atoms with Gasteiger partial charge >= 0.3 is 6.09 Å². The van der Waals surface area contributed by atoms with E-state index in [-0.39, 0.29) is 36.2 Å². The molecule has 2 aromatic rings. The second-order valence-corrected chi connectivity index (χ2v) is 5.61. The number of halogens is 1. The molecule has 1 heterocycles. The van der Waals surface area contributed by atoms with Crippen LogP contribution in [0, 0.1) is 0 Å². The van der Waals surface area contributed by atoms with Crippen molar-refractivity contribution in [1.82, 2.24) is 15.3 Å². The first kappa shape index (κ1) is 18.9. The summed E-state index contributed by atoms with van der Waals surface area (Å²) in [7, 11) is 0. The molecule has 1 amide bonds. The fourth-order valence-corrected chi connectivity index (χ4v) is 2.21. The molecule has 1 aromatic carbocycles. The van der Waals surface area contributed by atoms with Gasteiger partial charge in [-0.2, -0.15) is 0 Å².